The van der Waals surface area contributed by atoms with Gasteiger partial charge in [-0.2, -0.15) is 0 Å². The summed E-state index contributed by atoms with van der Waals surface area (Å²) >= 11 is 0. The van der Waals surface area contributed by atoms with Crippen LogP contribution in [0.4, 0.5) is 10.1 Å². The average molecular weight is 286 g/mol. The van der Waals surface area contributed by atoms with E-state index in [-0.39, 0.29) is 11.5 Å². The van der Waals surface area contributed by atoms with Gasteiger partial charge in [-0.25, -0.2) is 4.39 Å². The molecular weight excluding hydrogens is 271 g/mol. The molecule has 1 aliphatic heterocycles. The Morgan fingerprint density at radius 1 is 1.24 bits per heavy atom. The van der Waals surface area contributed by atoms with Crippen molar-refractivity contribution >= 4 is 11.6 Å². The van der Waals surface area contributed by atoms with Gasteiger partial charge in [0, 0.05) is 17.8 Å². The molecule has 0 unspecified atom stereocenters. The second-order valence-corrected chi connectivity index (χ2v) is 4.92. The first kappa shape index (κ1) is 13.4. The molecule has 5 heteroatoms. The predicted molar refractivity (Wildman–Crippen MR) is 77.5 cm³/mol. The molecule has 0 bridgehead atoms. The van der Waals surface area contributed by atoms with Gasteiger partial charge >= 0.3 is 0 Å². The second-order valence-electron chi connectivity index (χ2n) is 4.92. The van der Waals surface area contributed by atoms with Gasteiger partial charge < -0.3 is 15.4 Å². The molecule has 0 radical (unpaired) electrons. The number of hydrogen-bond donors (Lipinski definition) is 1. The summed E-state index contributed by atoms with van der Waals surface area (Å²) < 4.78 is 19.5. The molecule has 0 fully saturated rings. The highest BCUT2D eigenvalue weighted by atomic mass is 19.1. The molecule has 1 aliphatic rings. The smallest absolute Gasteiger partial charge is 0.257 e. The zero-order valence-corrected chi connectivity index (χ0v) is 11.4. The number of anilines is 1. The lowest BCUT2D eigenvalue weighted by Crippen LogP contribution is -2.33. The highest BCUT2D eigenvalue weighted by molar-refractivity contribution is 5.94. The number of nitrogens with two attached hydrogens (primary N) is 1. The Bertz CT molecular complexity index is 688. The van der Waals surface area contributed by atoms with Gasteiger partial charge in [0.1, 0.15) is 18.2 Å². The monoisotopic (exact) mass is 286 g/mol. The van der Waals surface area contributed by atoms with Crippen LogP contribution in [0.5, 0.6) is 5.75 Å². The summed E-state index contributed by atoms with van der Waals surface area (Å²) in [6.07, 6.45) is 0. The fraction of sp³-hybridized carbons (Fsp3) is 0.188. The number of amides is 1. The molecule has 3 rings (SSSR count). The van der Waals surface area contributed by atoms with Gasteiger partial charge in [0.15, 0.2) is 0 Å². The molecule has 1 heterocycles. The van der Waals surface area contributed by atoms with Crippen molar-refractivity contribution in [2.45, 2.75) is 6.54 Å². The van der Waals surface area contributed by atoms with Crippen LogP contribution in [-0.4, -0.2) is 24.0 Å². The standard InChI is InChI=1S/C16H15FN2O2/c17-14-9-12(18)5-6-13(14)16(20)19-7-8-21-15-4-2-1-3-11(15)10-19/h1-6,9H,7-8,10,18H2. The Morgan fingerprint density at radius 2 is 2.05 bits per heavy atom. The average Bonchev–Trinajstić information content (AvgIpc) is 2.68. The Hall–Kier alpha value is -2.56. The maximum absolute atomic E-state index is 13.9. The third kappa shape index (κ3) is 2.67. The van der Waals surface area contributed by atoms with Crippen molar-refractivity contribution in [2.24, 2.45) is 0 Å². The summed E-state index contributed by atoms with van der Waals surface area (Å²) in [5.74, 6) is -0.183. The molecule has 0 atom stereocenters. The fourth-order valence-corrected chi connectivity index (χ4v) is 2.37. The van der Waals surface area contributed by atoms with Crippen molar-refractivity contribution in [1.29, 1.82) is 0 Å². The predicted octanol–water partition coefficient (Wildman–Crippen LogP) is 2.44. The Kier molecular flexibility index (Phi) is 3.48. The normalized spacial score (nSPS) is 14.0. The Balaban J connectivity index is 1.88. The van der Waals surface area contributed by atoms with Crippen LogP contribution in [0.25, 0.3) is 0 Å². The molecular formula is C16H15FN2O2. The van der Waals surface area contributed by atoms with Crippen LogP contribution in [0.3, 0.4) is 0 Å². The lowest BCUT2D eigenvalue weighted by molar-refractivity contribution is 0.0728. The van der Waals surface area contributed by atoms with Crippen molar-refractivity contribution in [3.63, 3.8) is 0 Å². The van der Waals surface area contributed by atoms with Crippen LogP contribution in [0, 0.1) is 5.82 Å². The molecule has 0 saturated heterocycles. The largest absolute Gasteiger partial charge is 0.491 e. The molecule has 2 aromatic rings. The maximum Gasteiger partial charge on any atom is 0.257 e. The van der Waals surface area contributed by atoms with Crippen molar-refractivity contribution in [3.8, 4) is 5.75 Å². The van der Waals surface area contributed by atoms with Gasteiger partial charge in [0.2, 0.25) is 0 Å². The van der Waals surface area contributed by atoms with E-state index in [4.69, 9.17) is 10.5 Å². The van der Waals surface area contributed by atoms with E-state index in [9.17, 15) is 9.18 Å². The Morgan fingerprint density at radius 3 is 2.86 bits per heavy atom. The number of para-hydroxylation sites is 1. The summed E-state index contributed by atoms with van der Waals surface area (Å²) in [6.45, 7) is 1.20. The number of fused-ring (bicyclic) bond motifs is 1. The summed E-state index contributed by atoms with van der Waals surface area (Å²) in [4.78, 5) is 14.1. The molecule has 0 spiro atoms. The molecule has 0 saturated carbocycles. The van der Waals surface area contributed by atoms with Crippen LogP contribution >= 0.6 is 0 Å². The molecule has 2 aromatic carbocycles. The van der Waals surface area contributed by atoms with Crippen molar-refractivity contribution in [1.82, 2.24) is 4.90 Å². The third-order valence-electron chi connectivity index (χ3n) is 3.46. The first-order valence-corrected chi connectivity index (χ1v) is 6.70. The topological polar surface area (TPSA) is 55.6 Å². The minimum absolute atomic E-state index is 0.0311. The van der Waals surface area contributed by atoms with Gasteiger partial charge in [-0.3, -0.25) is 4.79 Å². The molecule has 0 aromatic heterocycles. The molecule has 108 valence electrons. The highest BCUT2D eigenvalue weighted by Crippen LogP contribution is 2.24. The van der Waals surface area contributed by atoms with Crippen LogP contribution in [0.2, 0.25) is 0 Å². The van der Waals surface area contributed by atoms with Gasteiger partial charge in [-0.15, -0.1) is 0 Å². The van der Waals surface area contributed by atoms with E-state index in [1.165, 1.54) is 12.1 Å². The molecule has 1 amide bonds. The number of nitrogens with zero attached hydrogens (tertiary/aromatic N) is 1. The second kappa shape index (κ2) is 5.44. The zero-order valence-electron chi connectivity index (χ0n) is 11.4. The van der Waals surface area contributed by atoms with Crippen molar-refractivity contribution in [3.05, 3.63) is 59.4 Å². The lowest BCUT2D eigenvalue weighted by Gasteiger charge is -2.20. The lowest BCUT2D eigenvalue weighted by atomic mass is 10.1. The number of carbonyl (C=O) groups excluding carboxylic acids is 1. The zero-order chi connectivity index (χ0) is 14.8. The summed E-state index contributed by atoms with van der Waals surface area (Å²) in [5.41, 5.74) is 6.76. The van der Waals surface area contributed by atoms with E-state index < -0.39 is 5.82 Å². The number of halogens is 1. The van der Waals surface area contributed by atoms with Crippen LogP contribution in [0.15, 0.2) is 42.5 Å². The molecule has 21 heavy (non-hydrogen) atoms. The number of carbonyl (C=O) groups is 1. The summed E-state index contributed by atoms with van der Waals surface area (Å²) in [5, 5.41) is 0. The number of rotatable bonds is 1. The highest BCUT2D eigenvalue weighted by Gasteiger charge is 2.22. The first-order valence-electron chi connectivity index (χ1n) is 6.70. The summed E-state index contributed by atoms with van der Waals surface area (Å²) in [7, 11) is 0. The van der Waals surface area contributed by atoms with Gasteiger partial charge in [0.05, 0.1) is 12.1 Å². The van der Waals surface area contributed by atoms with E-state index in [0.29, 0.717) is 25.4 Å². The van der Waals surface area contributed by atoms with Crippen molar-refractivity contribution in [2.75, 3.05) is 18.9 Å². The van der Waals surface area contributed by atoms with Crippen LogP contribution in [0.1, 0.15) is 15.9 Å². The van der Waals surface area contributed by atoms with Crippen LogP contribution in [-0.2, 0) is 6.54 Å². The van der Waals surface area contributed by atoms with E-state index in [0.717, 1.165) is 17.4 Å². The SMILES string of the molecule is Nc1ccc(C(=O)N2CCOc3ccccc3C2)c(F)c1. The summed E-state index contributed by atoms with van der Waals surface area (Å²) in [6, 6.07) is 11.7. The Labute approximate surface area is 121 Å². The van der Waals surface area contributed by atoms with E-state index in [1.54, 1.807) is 4.90 Å². The molecule has 2 N–H and O–H groups in total. The first-order chi connectivity index (χ1) is 10.1. The van der Waals surface area contributed by atoms with Crippen molar-refractivity contribution < 1.29 is 13.9 Å². The van der Waals surface area contributed by atoms with Gasteiger partial charge in [-0.05, 0) is 24.3 Å². The molecule has 0 aliphatic carbocycles. The van der Waals surface area contributed by atoms with Gasteiger partial charge in [-0.1, -0.05) is 18.2 Å². The van der Waals surface area contributed by atoms with E-state index >= 15 is 0 Å². The number of ether oxygens (including phenoxy) is 1. The number of benzene rings is 2. The van der Waals surface area contributed by atoms with E-state index in [1.807, 2.05) is 24.3 Å². The minimum atomic E-state index is -0.599. The quantitative estimate of drug-likeness (QED) is 0.819. The third-order valence-corrected chi connectivity index (χ3v) is 3.46. The van der Waals surface area contributed by atoms with Crippen LogP contribution < -0.4 is 10.5 Å². The number of nitrogen functional groups attached to an aromatic ring is 1. The minimum Gasteiger partial charge on any atom is -0.491 e. The van der Waals surface area contributed by atoms with E-state index in [2.05, 4.69) is 0 Å². The maximum atomic E-state index is 13.9. The number of hydrogen-bond acceptors (Lipinski definition) is 3. The fourth-order valence-electron chi connectivity index (χ4n) is 2.37. The molecule has 4 nitrogen and oxygen atoms in total. The van der Waals surface area contributed by atoms with Gasteiger partial charge in [0.25, 0.3) is 5.91 Å².